The number of hydrogen-bond donors (Lipinski definition) is 1. The van der Waals surface area contributed by atoms with Gasteiger partial charge in [-0.25, -0.2) is 13.4 Å². The zero-order valence-corrected chi connectivity index (χ0v) is 12.3. The second kappa shape index (κ2) is 6.23. The number of nitrogens with zero attached hydrogens (tertiary/aromatic N) is 2. The lowest BCUT2D eigenvalue weighted by Crippen LogP contribution is -2.44. The molecule has 1 heterocycles. The van der Waals surface area contributed by atoms with Crippen molar-refractivity contribution in [3.05, 3.63) is 29.8 Å². The summed E-state index contributed by atoms with van der Waals surface area (Å²) in [5, 5.41) is 0. The van der Waals surface area contributed by atoms with Gasteiger partial charge in [0.1, 0.15) is 0 Å². The summed E-state index contributed by atoms with van der Waals surface area (Å²) in [6.07, 6.45) is 1.19. The molecule has 2 N–H and O–H groups in total. The molecule has 1 aromatic rings. The molecule has 110 valence electrons. The summed E-state index contributed by atoms with van der Waals surface area (Å²) in [5.74, 6) is 0.500. The van der Waals surface area contributed by atoms with E-state index in [0.717, 1.165) is 18.7 Å². The van der Waals surface area contributed by atoms with E-state index in [-0.39, 0.29) is 0 Å². The van der Waals surface area contributed by atoms with Gasteiger partial charge in [-0.05, 0) is 17.7 Å². The van der Waals surface area contributed by atoms with E-state index in [2.05, 4.69) is 4.99 Å². The molecule has 6 nitrogen and oxygen atoms in total. The first kappa shape index (κ1) is 14.8. The summed E-state index contributed by atoms with van der Waals surface area (Å²) in [4.78, 5) is 6.62. The Morgan fingerprint density at radius 1 is 1.30 bits per heavy atom. The van der Waals surface area contributed by atoms with E-state index in [0.29, 0.717) is 30.6 Å². The third kappa shape index (κ3) is 3.94. The van der Waals surface area contributed by atoms with Crippen LogP contribution in [0.5, 0.6) is 0 Å². The molecule has 1 saturated heterocycles. The Morgan fingerprint density at radius 3 is 2.45 bits per heavy atom. The van der Waals surface area contributed by atoms with Gasteiger partial charge in [-0.2, -0.15) is 0 Å². The Balaban J connectivity index is 1.99. The van der Waals surface area contributed by atoms with E-state index >= 15 is 0 Å². The maximum Gasteiger partial charge on any atom is 0.191 e. The standard InChI is InChI=1S/C13H19N3O3S/c1-20(17,18)12-4-2-11(3-5-12)10-15-13(14)16-6-8-19-9-7-16/h2-5H,6-10H2,1H3,(H2,14,15). The minimum atomic E-state index is -3.15. The highest BCUT2D eigenvalue weighted by molar-refractivity contribution is 7.90. The summed E-state index contributed by atoms with van der Waals surface area (Å²) in [6.45, 7) is 3.27. The van der Waals surface area contributed by atoms with Crippen LogP contribution in [0.4, 0.5) is 0 Å². The van der Waals surface area contributed by atoms with Gasteiger partial charge in [0.2, 0.25) is 0 Å². The Kier molecular flexibility index (Phi) is 4.61. The number of sulfone groups is 1. The van der Waals surface area contributed by atoms with Crippen LogP contribution >= 0.6 is 0 Å². The number of guanidine groups is 1. The highest BCUT2D eigenvalue weighted by Gasteiger charge is 2.12. The minimum absolute atomic E-state index is 0.311. The lowest BCUT2D eigenvalue weighted by Gasteiger charge is -2.27. The monoisotopic (exact) mass is 297 g/mol. The van der Waals surface area contributed by atoms with Crippen molar-refractivity contribution in [2.24, 2.45) is 10.7 Å². The van der Waals surface area contributed by atoms with Crippen LogP contribution in [0, 0.1) is 0 Å². The first-order chi connectivity index (χ1) is 9.47. The Bertz CT molecular complexity index is 575. The molecule has 0 aliphatic carbocycles. The molecule has 0 aromatic heterocycles. The van der Waals surface area contributed by atoms with Crippen molar-refractivity contribution in [1.82, 2.24) is 4.90 Å². The quantitative estimate of drug-likeness (QED) is 0.638. The molecule has 20 heavy (non-hydrogen) atoms. The van der Waals surface area contributed by atoms with Crippen LogP contribution in [0.15, 0.2) is 34.2 Å². The number of nitrogens with two attached hydrogens (primary N) is 1. The molecule has 1 aliphatic heterocycles. The van der Waals surface area contributed by atoms with Crippen LogP contribution in [0.3, 0.4) is 0 Å². The molecule has 0 bridgehead atoms. The maximum atomic E-state index is 11.4. The molecular weight excluding hydrogens is 278 g/mol. The number of benzene rings is 1. The predicted molar refractivity (Wildman–Crippen MR) is 77.3 cm³/mol. The van der Waals surface area contributed by atoms with Crippen molar-refractivity contribution in [1.29, 1.82) is 0 Å². The van der Waals surface area contributed by atoms with Gasteiger partial charge in [-0.3, -0.25) is 0 Å². The van der Waals surface area contributed by atoms with Gasteiger partial charge in [0, 0.05) is 19.3 Å². The van der Waals surface area contributed by atoms with E-state index < -0.39 is 9.84 Å². The minimum Gasteiger partial charge on any atom is -0.378 e. The van der Waals surface area contributed by atoms with E-state index in [9.17, 15) is 8.42 Å². The Labute approximate surface area is 119 Å². The van der Waals surface area contributed by atoms with Crippen LogP contribution in [0.25, 0.3) is 0 Å². The molecule has 0 unspecified atom stereocenters. The van der Waals surface area contributed by atoms with Gasteiger partial charge < -0.3 is 15.4 Å². The van der Waals surface area contributed by atoms with Gasteiger partial charge in [-0.1, -0.05) is 12.1 Å². The molecule has 0 atom stereocenters. The molecule has 7 heteroatoms. The summed E-state index contributed by atoms with van der Waals surface area (Å²) in [7, 11) is -3.15. The largest absolute Gasteiger partial charge is 0.378 e. The van der Waals surface area contributed by atoms with Crippen molar-refractivity contribution in [2.75, 3.05) is 32.6 Å². The predicted octanol–water partition coefficient (Wildman–Crippen LogP) is 0.237. The van der Waals surface area contributed by atoms with Gasteiger partial charge in [0.15, 0.2) is 15.8 Å². The van der Waals surface area contributed by atoms with Crippen molar-refractivity contribution < 1.29 is 13.2 Å². The SMILES string of the molecule is CS(=O)(=O)c1ccc(CN=C(N)N2CCOCC2)cc1. The van der Waals surface area contributed by atoms with Crippen LogP contribution in [0.2, 0.25) is 0 Å². The van der Waals surface area contributed by atoms with Gasteiger partial charge in [0.25, 0.3) is 0 Å². The molecular formula is C13H19N3O3S. The molecule has 0 saturated carbocycles. The fourth-order valence-corrected chi connectivity index (χ4v) is 2.54. The lowest BCUT2D eigenvalue weighted by molar-refractivity contribution is 0.0674. The van der Waals surface area contributed by atoms with E-state index in [4.69, 9.17) is 10.5 Å². The van der Waals surface area contributed by atoms with Crippen LogP contribution in [-0.4, -0.2) is 51.8 Å². The van der Waals surface area contributed by atoms with E-state index in [1.807, 2.05) is 4.90 Å². The fraction of sp³-hybridized carbons (Fsp3) is 0.462. The zero-order chi connectivity index (χ0) is 14.6. The van der Waals surface area contributed by atoms with Crippen molar-refractivity contribution in [2.45, 2.75) is 11.4 Å². The molecule has 0 amide bonds. The second-order valence-electron chi connectivity index (χ2n) is 4.69. The Hall–Kier alpha value is -1.60. The first-order valence-electron chi connectivity index (χ1n) is 6.38. The van der Waals surface area contributed by atoms with Gasteiger partial charge >= 0.3 is 0 Å². The summed E-state index contributed by atoms with van der Waals surface area (Å²) >= 11 is 0. The third-order valence-corrected chi connectivity index (χ3v) is 4.24. The summed E-state index contributed by atoms with van der Waals surface area (Å²) < 4.78 is 28.0. The van der Waals surface area contributed by atoms with Gasteiger partial charge in [0.05, 0.1) is 24.7 Å². The average Bonchev–Trinajstić information content (AvgIpc) is 2.45. The summed E-state index contributed by atoms with van der Waals surface area (Å²) in [6, 6.07) is 6.69. The number of rotatable bonds is 3. The van der Waals surface area contributed by atoms with E-state index in [1.165, 1.54) is 6.26 Å². The lowest BCUT2D eigenvalue weighted by atomic mass is 10.2. The van der Waals surface area contributed by atoms with Crippen molar-refractivity contribution in [3.63, 3.8) is 0 Å². The number of hydrogen-bond acceptors (Lipinski definition) is 4. The van der Waals surface area contributed by atoms with Crippen LogP contribution in [0.1, 0.15) is 5.56 Å². The number of ether oxygens (including phenoxy) is 1. The first-order valence-corrected chi connectivity index (χ1v) is 8.27. The molecule has 0 spiro atoms. The molecule has 1 fully saturated rings. The fourth-order valence-electron chi connectivity index (χ4n) is 1.91. The average molecular weight is 297 g/mol. The summed E-state index contributed by atoms with van der Waals surface area (Å²) in [5.41, 5.74) is 6.84. The zero-order valence-electron chi connectivity index (χ0n) is 11.4. The number of aliphatic imine (C=N–C) groups is 1. The van der Waals surface area contributed by atoms with Crippen LogP contribution in [-0.2, 0) is 21.1 Å². The molecule has 1 aromatic carbocycles. The van der Waals surface area contributed by atoms with Crippen molar-refractivity contribution >= 4 is 15.8 Å². The highest BCUT2D eigenvalue weighted by atomic mass is 32.2. The van der Waals surface area contributed by atoms with Gasteiger partial charge in [-0.15, -0.1) is 0 Å². The molecule has 1 aliphatic rings. The Morgan fingerprint density at radius 2 is 1.90 bits per heavy atom. The third-order valence-electron chi connectivity index (χ3n) is 3.11. The topological polar surface area (TPSA) is 85.0 Å². The normalized spacial score (nSPS) is 17.2. The van der Waals surface area contributed by atoms with Crippen molar-refractivity contribution in [3.8, 4) is 0 Å². The number of morpholine rings is 1. The smallest absolute Gasteiger partial charge is 0.191 e. The second-order valence-corrected chi connectivity index (χ2v) is 6.71. The highest BCUT2D eigenvalue weighted by Crippen LogP contribution is 2.11. The van der Waals surface area contributed by atoms with E-state index in [1.54, 1.807) is 24.3 Å². The maximum absolute atomic E-state index is 11.4. The molecule has 0 radical (unpaired) electrons. The molecule has 2 rings (SSSR count). The van der Waals surface area contributed by atoms with Crippen LogP contribution < -0.4 is 5.73 Å².